The van der Waals surface area contributed by atoms with Crippen molar-refractivity contribution in [3.05, 3.63) is 187 Å². The Kier molecular flexibility index (Phi) is 9.79. The minimum absolute atomic E-state index is 0.0102. The first-order chi connectivity index (χ1) is 28.8. The molecule has 0 bridgehead atoms. The maximum atomic E-state index is 6.65. The number of nitrogens with zero attached hydrogens (tertiary/aromatic N) is 4. The van der Waals surface area contributed by atoms with Crippen molar-refractivity contribution >= 4 is 21.8 Å². The van der Waals surface area contributed by atoms with Crippen LogP contribution in [0.2, 0.25) is 0 Å². The predicted molar refractivity (Wildman–Crippen MR) is 247 cm³/mol. The molecule has 0 unspecified atom stereocenters. The van der Waals surface area contributed by atoms with Crippen molar-refractivity contribution in [2.45, 2.75) is 72.1 Å². The van der Waals surface area contributed by atoms with E-state index in [1.165, 1.54) is 27.6 Å². The minimum Gasteiger partial charge on any atom is -0.458 e. The van der Waals surface area contributed by atoms with Gasteiger partial charge in [-0.3, -0.25) is 13.7 Å². The Morgan fingerprint density at radius 2 is 1.27 bits per heavy atom. The number of aromatic nitrogens is 4. The number of ether oxygens (including phenoxy) is 1. The number of pyridine rings is 1. The van der Waals surface area contributed by atoms with Crippen LogP contribution in [0.25, 0.3) is 61.3 Å². The van der Waals surface area contributed by atoms with Crippen LogP contribution in [0.15, 0.2) is 164 Å². The third kappa shape index (κ3) is 7.41. The highest BCUT2D eigenvalue weighted by Gasteiger charge is 2.23. The molecule has 0 fully saturated rings. The largest absolute Gasteiger partial charge is 0.458 e. The van der Waals surface area contributed by atoms with Crippen molar-refractivity contribution < 1.29 is 9.30 Å². The van der Waals surface area contributed by atoms with Gasteiger partial charge in [0, 0.05) is 35.4 Å². The fraction of sp³-hybridized carbons (Fsp3) is 0.200. The maximum absolute atomic E-state index is 6.65. The molecule has 0 spiro atoms. The highest BCUT2D eigenvalue weighted by Crippen LogP contribution is 2.39. The van der Waals surface area contributed by atoms with Crippen LogP contribution in [0.5, 0.6) is 11.5 Å². The third-order valence-electron chi connectivity index (χ3n) is 11.6. The van der Waals surface area contributed by atoms with E-state index in [4.69, 9.17) is 9.72 Å². The molecule has 0 aliphatic heterocycles. The van der Waals surface area contributed by atoms with Gasteiger partial charge in [0.15, 0.2) is 0 Å². The zero-order valence-electron chi connectivity index (χ0n) is 35.9. The van der Waals surface area contributed by atoms with Crippen LogP contribution in [0.3, 0.4) is 0 Å². The third-order valence-corrected chi connectivity index (χ3v) is 11.6. The van der Waals surface area contributed by atoms with E-state index in [1.54, 1.807) is 0 Å². The molecule has 5 heteroatoms. The minimum atomic E-state index is -0.0102. The Morgan fingerprint density at radius 1 is 0.600 bits per heavy atom. The molecular weight excluding hydrogens is 733 g/mol. The summed E-state index contributed by atoms with van der Waals surface area (Å²) in [7, 11) is 0. The average Bonchev–Trinajstić information content (AvgIpc) is 3.86. The molecule has 3 heterocycles. The summed E-state index contributed by atoms with van der Waals surface area (Å²) in [6, 6.07) is 51.8. The SMILES string of the molecule is CC(C)c1ccnc(-n2c3ccccc3c3ccc(Oc4cccc(-n5[c-][n+](-c6c(-c7ccccc7)cccc6-c6cc(C(C)(C)C)cc(C(C)(C)C)c6)cc5)c4)cc32)c1. The van der Waals surface area contributed by atoms with E-state index in [0.717, 1.165) is 61.8 Å². The maximum Gasteiger partial charge on any atom is 0.268 e. The van der Waals surface area contributed by atoms with Gasteiger partial charge in [0.25, 0.3) is 6.33 Å². The Balaban J connectivity index is 1.11. The summed E-state index contributed by atoms with van der Waals surface area (Å²) in [5.74, 6) is 2.79. The van der Waals surface area contributed by atoms with Gasteiger partial charge in [0.2, 0.25) is 0 Å². The second kappa shape index (κ2) is 15.1. The van der Waals surface area contributed by atoms with Crippen LogP contribution in [0.4, 0.5) is 0 Å². The second-order valence-electron chi connectivity index (χ2n) is 18.2. The molecule has 9 rings (SSSR count). The number of hydrogen-bond acceptors (Lipinski definition) is 2. The lowest BCUT2D eigenvalue weighted by atomic mass is 9.78. The van der Waals surface area contributed by atoms with Gasteiger partial charge in [-0.2, -0.15) is 0 Å². The van der Waals surface area contributed by atoms with Crippen LogP contribution in [0, 0.1) is 6.33 Å². The summed E-state index contributed by atoms with van der Waals surface area (Å²) >= 11 is 0. The Bertz CT molecular complexity index is 2980. The number of imidazole rings is 1. The van der Waals surface area contributed by atoms with Crippen molar-refractivity contribution in [3.63, 3.8) is 0 Å². The monoisotopic (exact) mass is 784 g/mol. The average molecular weight is 785 g/mol. The van der Waals surface area contributed by atoms with E-state index in [9.17, 15) is 0 Å². The fourth-order valence-corrected chi connectivity index (χ4v) is 8.13. The first-order valence-electron chi connectivity index (χ1n) is 21.0. The topological polar surface area (TPSA) is 35.9 Å². The van der Waals surface area contributed by atoms with Crippen LogP contribution >= 0.6 is 0 Å². The fourth-order valence-electron chi connectivity index (χ4n) is 8.13. The number of hydrogen-bond donors (Lipinski definition) is 0. The van der Waals surface area contributed by atoms with Crippen LogP contribution in [-0.2, 0) is 10.8 Å². The van der Waals surface area contributed by atoms with Crippen LogP contribution < -0.4 is 9.30 Å². The van der Waals surface area contributed by atoms with Gasteiger partial charge >= 0.3 is 0 Å². The molecule has 3 aromatic heterocycles. The van der Waals surface area contributed by atoms with Crippen LogP contribution in [0.1, 0.15) is 78.0 Å². The standard InChI is InChI=1S/C55H52N4O/c1-37(2)39-26-27-56-52(32-39)59-50-23-13-12-20-48(50)49-25-24-45(35-51(49)59)60-44-19-14-18-43(34-44)57-28-29-58(36-57)53-46(38-16-10-9-11-17-38)21-15-22-47(53)40-30-41(54(3,4)5)33-42(31-40)55(6,7)8/h9-35,37H,1-8H3. The molecule has 6 aromatic carbocycles. The quantitative estimate of drug-likeness (QED) is 0.114. The second-order valence-corrected chi connectivity index (χ2v) is 18.2. The van der Waals surface area contributed by atoms with Crippen molar-refractivity contribution in [3.8, 4) is 50.9 Å². The first-order valence-corrected chi connectivity index (χ1v) is 21.0. The van der Waals surface area contributed by atoms with Gasteiger partial charge in [0.1, 0.15) is 17.3 Å². The molecule has 5 nitrogen and oxygen atoms in total. The molecule has 0 N–H and O–H groups in total. The molecule has 0 aliphatic carbocycles. The lowest BCUT2D eigenvalue weighted by Crippen LogP contribution is -2.30. The molecule has 60 heavy (non-hydrogen) atoms. The van der Waals surface area contributed by atoms with E-state index in [0.29, 0.717) is 5.92 Å². The van der Waals surface area contributed by atoms with Gasteiger partial charge < -0.3 is 4.74 Å². The summed E-state index contributed by atoms with van der Waals surface area (Å²) in [6.07, 6.45) is 9.77. The van der Waals surface area contributed by atoms with E-state index in [2.05, 4.69) is 217 Å². The highest BCUT2D eigenvalue weighted by molar-refractivity contribution is 6.09. The molecule has 0 atom stereocenters. The molecule has 298 valence electrons. The van der Waals surface area contributed by atoms with Gasteiger partial charge in [-0.15, -0.1) is 0 Å². The van der Waals surface area contributed by atoms with Gasteiger partial charge in [-0.1, -0.05) is 146 Å². The van der Waals surface area contributed by atoms with Gasteiger partial charge in [-0.05, 0) is 104 Å². The lowest BCUT2D eigenvalue weighted by molar-refractivity contribution is -0.598. The van der Waals surface area contributed by atoms with Crippen LogP contribution in [-0.4, -0.2) is 14.1 Å². The van der Waals surface area contributed by atoms with E-state index >= 15 is 0 Å². The Hall–Kier alpha value is -6.72. The number of fused-ring (bicyclic) bond motifs is 3. The van der Waals surface area contributed by atoms with Crippen molar-refractivity contribution in [1.82, 2.24) is 14.1 Å². The lowest BCUT2D eigenvalue weighted by Gasteiger charge is -2.27. The summed E-state index contributed by atoms with van der Waals surface area (Å²) in [5.41, 5.74) is 12.7. The summed E-state index contributed by atoms with van der Waals surface area (Å²) in [5, 5.41) is 2.34. The zero-order chi connectivity index (χ0) is 41.8. The van der Waals surface area contributed by atoms with E-state index < -0.39 is 0 Å². The Labute approximate surface area is 354 Å². The molecule has 9 aromatic rings. The Morgan fingerprint density at radius 3 is 2.00 bits per heavy atom. The predicted octanol–water partition coefficient (Wildman–Crippen LogP) is 13.9. The van der Waals surface area contributed by atoms with Crippen molar-refractivity contribution in [1.29, 1.82) is 0 Å². The molecule has 0 amide bonds. The van der Waals surface area contributed by atoms with Gasteiger partial charge in [0.05, 0.1) is 22.4 Å². The summed E-state index contributed by atoms with van der Waals surface area (Å²) in [6.45, 7) is 18.2. The summed E-state index contributed by atoms with van der Waals surface area (Å²) < 4.78 is 13.1. The van der Waals surface area contributed by atoms with E-state index in [1.807, 2.05) is 22.9 Å². The van der Waals surface area contributed by atoms with Crippen molar-refractivity contribution in [2.24, 2.45) is 0 Å². The highest BCUT2D eigenvalue weighted by atomic mass is 16.5. The van der Waals surface area contributed by atoms with Gasteiger partial charge in [-0.25, -0.2) is 4.98 Å². The first kappa shape index (κ1) is 38.8. The molecule has 0 radical (unpaired) electrons. The molecule has 0 saturated heterocycles. The normalized spacial score (nSPS) is 12.2. The molecule has 0 saturated carbocycles. The smallest absolute Gasteiger partial charge is 0.268 e. The summed E-state index contributed by atoms with van der Waals surface area (Å²) in [4.78, 5) is 4.83. The molecular formula is C55H52N4O. The zero-order valence-corrected chi connectivity index (χ0v) is 35.9. The number of benzene rings is 6. The number of para-hydroxylation sites is 2. The van der Waals surface area contributed by atoms with Crippen molar-refractivity contribution in [2.75, 3.05) is 0 Å². The molecule has 0 aliphatic rings. The number of rotatable bonds is 8. The van der Waals surface area contributed by atoms with E-state index in [-0.39, 0.29) is 10.8 Å².